The second kappa shape index (κ2) is 9.74. The lowest BCUT2D eigenvalue weighted by Crippen LogP contribution is -2.22. The zero-order chi connectivity index (χ0) is 22.5. The molecule has 160 valence electrons. The SMILES string of the molecule is CC.Cc1cn2nc(-c3cc(N)c(C=NC4CCB(C#N)CC4)c(F)c3)cc(C)c2n1. The highest BCUT2D eigenvalue weighted by atomic mass is 19.1. The highest BCUT2D eigenvalue weighted by molar-refractivity contribution is 6.67. The van der Waals surface area contributed by atoms with Crippen molar-refractivity contribution in [2.75, 3.05) is 5.73 Å². The second-order valence-electron chi connectivity index (χ2n) is 7.74. The lowest BCUT2D eigenvalue weighted by Gasteiger charge is -2.19. The summed E-state index contributed by atoms with van der Waals surface area (Å²) in [4.78, 5) is 8.96. The Morgan fingerprint density at radius 2 is 1.97 bits per heavy atom. The molecule has 0 atom stereocenters. The van der Waals surface area contributed by atoms with Crippen LogP contribution in [0.15, 0.2) is 29.4 Å². The lowest BCUT2D eigenvalue weighted by molar-refractivity contribution is 0.603. The fourth-order valence-electron chi connectivity index (χ4n) is 3.84. The van der Waals surface area contributed by atoms with Crippen molar-refractivity contribution in [2.24, 2.45) is 4.99 Å². The first kappa shape index (κ1) is 22.5. The molecule has 0 bridgehead atoms. The number of fused-ring (bicyclic) bond motifs is 1. The maximum atomic E-state index is 14.8. The predicted octanol–water partition coefficient (Wildman–Crippen LogP) is 4.90. The Morgan fingerprint density at radius 3 is 2.61 bits per heavy atom. The molecule has 8 heteroatoms. The molecule has 6 nitrogen and oxygen atoms in total. The molecule has 2 N–H and O–H groups in total. The van der Waals surface area contributed by atoms with E-state index in [0.29, 0.717) is 22.5 Å². The molecule has 1 saturated heterocycles. The Kier molecular flexibility index (Phi) is 7.06. The number of nitrogens with zero attached hydrogens (tertiary/aromatic N) is 5. The van der Waals surface area contributed by atoms with Crippen LogP contribution in [0.2, 0.25) is 12.6 Å². The number of aliphatic imine (C=N–C) groups is 1. The Hall–Kier alpha value is -3.21. The van der Waals surface area contributed by atoms with Gasteiger partial charge in [-0.25, -0.2) is 19.2 Å². The number of nitrogen functional groups attached to an aromatic ring is 1. The van der Waals surface area contributed by atoms with Crippen LogP contribution >= 0.6 is 0 Å². The first-order valence-corrected chi connectivity index (χ1v) is 10.8. The van der Waals surface area contributed by atoms with Gasteiger partial charge in [-0.3, -0.25) is 4.99 Å². The summed E-state index contributed by atoms with van der Waals surface area (Å²) in [5.41, 5.74) is 10.6. The smallest absolute Gasteiger partial charge is 0.268 e. The van der Waals surface area contributed by atoms with Gasteiger partial charge < -0.3 is 5.73 Å². The van der Waals surface area contributed by atoms with E-state index in [0.717, 1.165) is 42.4 Å². The van der Waals surface area contributed by atoms with Gasteiger partial charge in [0.15, 0.2) is 5.65 Å². The van der Waals surface area contributed by atoms with Crippen LogP contribution in [0.1, 0.15) is 43.5 Å². The average Bonchev–Trinajstić information content (AvgIpc) is 3.15. The van der Waals surface area contributed by atoms with Crippen LogP contribution in [-0.4, -0.2) is 33.6 Å². The van der Waals surface area contributed by atoms with Crippen LogP contribution < -0.4 is 5.73 Å². The van der Waals surface area contributed by atoms with Gasteiger partial charge >= 0.3 is 0 Å². The van der Waals surface area contributed by atoms with Gasteiger partial charge in [-0.15, -0.1) is 0 Å². The average molecular weight is 418 g/mol. The number of hydrogen-bond donors (Lipinski definition) is 1. The number of nitriles is 1. The minimum Gasteiger partial charge on any atom is -0.398 e. The molecule has 1 aliphatic heterocycles. The minimum atomic E-state index is -0.421. The maximum absolute atomic E-state index is 14.8. The summed E-state index contributed by atoms with van der Waals surface area (Å²) in [7, 11) is 0. The van der Waals surface area contributed by atoms with Gasteiger partial charge in [-0.05, 0) is 50.5 Å². The number of aryl methyl sites for hydroxylation is 2. The van der Waals surface area contributed by atoms with E-state index in [4.69, 9.17) is 11.0 Å². The van der Waals surface area contributed by atoms with Crippen LogP contribution in [0.25, 0.3) is 16.9 Å². The third-order valence-electron chi connectivity index (χ3n) is 5.48. The molecule has 1 aliphatic rings. The molecule has 2 aromatic heterocycles. The number of benzene rings is 1. The van der Waals surface area contributed by atoms with E-state index >= 15 is 0 Å². The molecular formula is C23H28BFN6. The molecule has 0 amide bonds. The molecule has 4 rings (SSSR count). The van der Waals surface area contributed by atoms with E-state index in [1.165, 1.54) is 12.3 Å². The number of anilines is 1. The van der Waals surface area contributed by atoms with E-state index in [-0.39, 0.29) is 12.8 Å². The fourth-order valence-corrected chi connectivity index (χ4v) is 3.84. The van der Waals surface area contributed by atoms with Crippen molar-refractivity contribution < 1.29 is 4.39 Å². The summed E-state index contributed by atoms with van der Waals surface area (Å²) < 4.78 is 16.5. The second-order valence-corrected chi connectivity index (χ2v) is 7.74. The van der Waals surface area contributed by atoms with Crippen molar-refractivity contribution in [1.29, 1.82) is 5.26 Å². The lowest BCUT2D eigenvalue weighted by atomic mass is 9.42. The van der Waals surface area contributed by atoms with Crippen LogP contribution in [0.3, 0.4) is 0 Å². The van der Waals surface area contributed by atoms with Gasteiger partial charge in [-0.2, -0.15) is 5.10 Å². The number of hydrogen-bond acceptors (Lipinski definition) is 5. The van der Waals surface area contributed by atoms with Crippen LogP contribution in [0.4, 0.5) is 10.1 Å². The van der Waals surface area contributed by atoms with E-state index in [9.17, 15) is 4.39 Å². The molecule has 0 spiro atoms. The van der Waals surface area contributed by atoms with Crippen molar-refractivity contribution in [3.05, 3.63) is 47.0 Å². The van der Waals surface area contributed by atoms with Gasteiger partial charge in [0.1, 0.15) is 5.82 Å². The van der Waals surface area contributed by atoms with Crippen molar-refractivity contribution in [1.82, 2.24) is 14.6 Å². The van der Waals surface area contributed by atoms with Crippen molar-refractivity contribution in [3.63, 3.8) is 0 Å². The van der Waals surface area contributed by atoms with Gasteiger partial charge in [0.2, 0.25) is 0 Å². The number of imidazole rings is 1. The van der Waals surface area contributed by atoms with E-state index in [2.05, 4.69) is 21.0 Å². The van der Waals surface area contributed by atoms with Crippen molar-refractivity contribution >= 4 is 24.3 Å². The molecule has 0 radical (unpaired) electrons. The summed E-state index contributed by atoms with van der Waals surface area (Å²) in [6.07, 6.45) is 6.76. The zero-order valence-electron chi connectivity index (χ0n) is 18.6. The quantitative estimate of drug-likeness (QED) is 0.372. The summed E-state index contributed by atoms with van der Waals surface area (Å²) in [5, 5.41) is 13.5. The first-order chi connectivity index (χ1) is 14.9. The predicted molar refractivity (Wildman–Crippen MR) is 125 cm³/mol. The van der Waals surface area contributed by atoms with Crippen LogP contribution in [0.5, 0.6) is 0 Å². The summed E-state index contributed by atoms with van der Waals surface area (Å²) >= 11 is 0. The standard InChI is InChI=1S/C21H22BFN6.C2H6/c1-13-7-20(28-29-11-14(2)27-21(13)29)15-8-18(23)17(19(25)9-15)10-26-16-3-5-22(12-24)6-4-16;1-2/h7-11,16H,3-6,25H2,1-2H3;1-2H3. The Morgan fingerprint density at radius 1 is 1.26 bits per heavy atom. The van der Waals surface area contributed by atoms with Crippen LogP contribution in [0, 0.1) is 30.9 Å². The fraction of sp³-hybridized carbons (Fsp3) is 0.391. The van der Waals surface area contributed by atoms with Gasteiger partial charge in [0.25, 0.3) is 6.71 Å². The molecule has 3 heterocycles. The van der Waals surface area contributed by atoms with Gasteiger partial charge in [0.05, 0.1) is 23.1 Å². The third kappa shape index (κ3) is 4.93. The maximum Gasteiger partial charge on any atom is 0.268 e. The van der Waals surface area contributed by atoms with E-state index in [1.807, 2.05) is 40.0 Å². The Balaban J connectivity index is 0.00000132. The zero-order valence-corrected chi connectivity index (χ0v) is 18.6. The molecule has 1 fully saturated rings. The Labute approximate surface area is 183 Å². The summed E-state index contributed by atoms with van der Waals surface area (Å²) in [5.74, 6) is 1.89. The largest absolute Gasteiger partial charge is 0.398 e. The normalized spacial score (nSPS) is 14.5. The minimum absolute atomic E-state index is 0.120. The number of rotatable bonds is 3. The molecule has 0 saturated carbocycles. The molecule has 0 unspecified atom stereocenters. The first-order valence-electron chi connectivity index (χ1n) is 10.8. The third-order valence-corrected chi connectivity index (χ3v) is 5.48. The number of aromatic nitrogens is 3. The van der Waals surface area contributed by atoms with Gasteiger partial charge in [-0.1, -0.05) is 26.5 Å². The van der Waals surface area contributed by atoms with Gasteiger partial charge in [0, 0.05) is 29.5 Å². The number of nitrogens with two attached hydrogens (primary N) is 1. The molecule has 31 heavy (non-hydrogen) atoms. The highest BCUT2D eigenvalue weighted by Crippen LogP contribution is 2.27. The topological polar surface area (TPSA) is 92.4 Å². The highest BCUT2D eigenvalue weighted by Gasteiger charge is 2.23. The molecule has 1 aromatic carbocycles. The van der Waals surface area contributed by atoms with Crippen molar-refractivity contribution in [3.8, 4) is 17.2 Å². The monoisotopic (exact) mass is 418 g/mol. The summed E-state index contributed by atoms with van der Waals surface area (Å²) in [6.45, 7) is 7.98. The van der Waals surface area contributed by atoms with Crippen LogP contribution in [-0.2, 0) is 0 Å². The summed E-state index contributed by atoms with van der Waals surface area (Å²) in [6, 6.07) is 5.18. The molecular weight excluding hydrogens is 390 g/mol. The molecule has 0 aliphatic carbocycles. The molecule has 3 aromatic rings. The number of halogens is 1. The Bertz CT molecular complexity index is 1120. The van der Waals surface area contributed by atoms with E-state index < -0.39 is 5.82 Å². The van der Waals surface area contributed by atoms with Crippen molar-refractivity contribution in [2.45, 2.75) is 59.2 Å². The van der Waals surface area contributed by atoms with E-state index in [1.54, 1.807) is 10.6 Å².